The molecule has 0 aliphatic rings. The van der Waals surface area contributed by atoms with Crippen molar-refractivity contribution in [3.63, 3.8) is 0 Å². The maximum absolute atomic E-state index is 5.93. The Kier molecular flexibility index (Phi) is 4.10. The first-order valence-electron chi connectivity index (χ1n) is 5.83. The molecular formula is C13H16ClN3O. The van der Waals surface area contributed by atoms with Gasteiger partial charge in [-0.3, -0.25) is 4.68 Å². The van der Waals surface area contributed by atoms with Gasteiger partial charge >= 0.3 is 0 Å². The Labute approximate surface area is 111 Å². The fourth-order valence-electron chi connectivity index (χ4n) is 1.63. The molecule has 4 nitrogen and oxygen atoms in total. The Morgan fingerprint density at radius 3 is 2.83 bits per heavy atom. The van der Waals surface area contributed by atoms with E-state index in [-0.39, 0.29) is 0 Å². The summed E-state index contributed by atoms with van der Waals surface area (Å²) in [7, 11) is 0. The van der Waals surface area contributed by atoms with Crippen LogP contribution in [0.15, 0.2) is 30.5 Å². The summed E-state index contributed by atoms with van der Waals surface area (Å²) in [5, 5.41) is 4.97. The van der Waals surface area contributed by atoms with E-state index in [1.54, 1.807) is 0 Å². The van der Waals surface area contributed by atoms with Gasteiger partial charge < -0.3 is 10.5 Å². The molecule has 0 aliphatic heterocycles. The highest BCUT2D eigenvalue weighted by Gasteiger charge is 2.02. The molecule has 0 aliphatic carbocycles. The average molecular weight is 266 g/mol. The van der Waals surface area contributed by atoms with Crippen LogP contribution >= 0.6 is 11.6 Å². The number of nitrogen functional groups attached to an aromatic ring is 1. The Balaban J connectivity index is 1.78. The molecule has 0 fully saturated rings. The minimum atomic E-state index is 0.602. The van der Waals surface area contributed by atoms with E-state index in [9.17, 15) is 0 Å². The topological polar surface area (TPSA) is 53.1 Å². The second kappa shape index (κ2) is 5.78. The molecule has 0 atom stereocenters. The zero-order chi connectivity index (χ0) is 13.0. The van der Waals surface area contributed by atoms with E-state index in [0.717, 1.165) is 24.4 Å². The molecule has 0 amide bonds. The summed E-state index contributed by atoms with van der Waals surface area (Å²) in [4.78, 5) is 0. The minimum Gasteiger partial charge on any atom is -0.491 e. The van der Waals surface area contributed by atoms with Gasteiger partial charge in [-0.05, 0) is 19.1 Å². The molecule has 0 spiro atoms. The van der Waals surface area contributed by atoms with Crippen LogP contribution in [0.2, 0.25) is 5.02 Å². The second-order valence-corrected chi connectivity index (χ2v) is 4.47. The lowest BCUT2D eigenvalue weighted by atomic mass is 10.3. The molecule has 2 rings (SSSR count). The van der Waals surface area contributed by atoms with E-state index in [1.807, 2.05) is 42.1 Å². The summed E-state index contributed by atoms with van der Waals surface area (Å²) in [5.74, 6) is 0.729. The highest BCUT2D eigenvalue weighted by molar-refractivity contribution is 6.31. The first-order chi connectivity index (χ1) is 8.66. The van der Waals surface area contributed by atoms with E-state index in [2.05, 4.69) is 5.10 Å². The number of ether oxygens (including phenoxy) is 1. The van der Waals surface area contributed by atoms with Crippen molar-refractivity contribution in [3.05, 3.63) is 41.2 Å². The third-order valence-corrected chi connectivity index (χ3v) is 2.97. The van der Waals surface area contributed by atoms with Gasteiger partial charge in [-0.2, -0.15) is 5.10 Å². The fourth-order valence-corrected chi connectivity index (χ4v) is 1.78. The minimum absolute atomic E-state index is 0.602. The first kappa shape index (κ1) is 12.8. The van der Waals surface area contributed by atoms with Crippen LogP contribution in [0.3, 0.4) is 0 Å². The lowest BCUT2D eigenvalue weighted by molar-refractivity contribution is 0.300. The van der Waals surface area contributed by atoms with Gasteiger partial charge in [-0.1, -0.05) is 23.7 Å². The molecule has 1 aromatic heterocycles. The summed E-state index contributed by atoms with van der Waals surface area (Å²) in [5.41, 5.74) is 7.29. The number of hydrogen-bond donors (Lipinski definition) is 1. The van der Waals surface area contributed by atoms with Crippen molar-refractivity contribution >= 4 is 17.3 Å². The standard InChI is InChI=1S/C13H16ClN3O/c1-10-11(14)9-17(16-10)7-4-8-18-13-6-3-2-5-12(13)15/h2-3,5-6,9H,4,7-8,15H2,1H3. The van der Waals surface area contributed by atoms with Crippen molar-refractivity contribution < 1.29 is 4.74 Å². The summed E-state index contributed by atoms with van der Waals surface area (Å²) in [6.07, 6.45) is 2.68. The van der Waals surface area contributed by atoms with Gasteiger partial charge in [0.25, 0.3) is 0 Å². The number of hydrogen-bond acceptors (Lipinski definition) is 3. The SMILES string of the molecule is Cc1nn(CCCOc2ccccc2N)cc1Cl. The molecule has 0 unspecified atom stereocenters. The molecule has 1 aromatic carbocycles. The van der Waals surface area contributed by atoms with Crippen molar-refractivity contribution in [2.75, 3.05) is 12.3 Å². The maximum atomic E-state index is 5.93. The fraction of sp³-hybridized carbons (Fsp3) is 0.308. The van der Waals surface area contributed by atoms with Gasteiger partial charge in [0.15, 0.2) is 0 Å². The molecule has 0 saturated heterocycles. The van der Waals surface area contributed by atoms with E-state index < -0.39 is 0 Å². The second-order valence-electron chi connectivity index (χ2n) is 4.07. The lowest BCUT2D eigenvalue weighted by Crippen LogP contribution is -2.06. The van der Waals surface area contributed by atoms with Crippen LogP contribution in [0.25, 0.3) is 0 Å². The smallest absolute Gasteiger partial charge is 0.142 e. The van der Waals surface area contributed by atoms with Crippen LogP contribution in [-0.4, -0.2) is 16.4 Å². The highest BCUT2D eigenvalue weighted by Crippen LogP contribution is 2.19. The van der Waals surface area contributed by atoms with E-state index in [1.165, 1.54) is 0 Å². The number of rotatable bonds is 5. The van der Waals surface area contributed by atoms with Crippen LogP contribution < -0.4 is 10.5 Å². The Morgan fingerprint density at radius 1 is 1.39 bits per heavy atom. The van der Waals surface area contributed by atoms with Crippen molar-refractivity contribution in [3.8, 4) is 5.75 Å². The summed E-state index contributed by atoms with van der Waals surface area (Å²) in [6.45, 7) is 3.27. The van der Waals surface area contributed by atoms with Crippen LogP contribution in [0.1, 0.15) is 12.1 Å². The normalized spacial score (nSPS) is 10.6. The molecule has 5 heteroatoms. The molecular weight excluding hydrogens is 250 g/mol. The molecule has 0 saturated carbocycles. The predicted molar refractivity (Wildman–Crippen MR) is 72.9 cm³/mol. The van der Waals surface area contributed by atoms with Crippen LogP contribution in [0.4, 0.5) is 5.69 Å². The Bertz CT molecular complexity index is 505. The van der Waals surface area contributed by atoms with Crippen molar-refractivity contribution in [1.29, 1.82) is 0 Å². The van der Waals surface area contributed by atoms with E-state index in [4.69, 9.17) is 22.1 Å². The third-order valence-electron chi connectivity index (χ3n) is 2.59. The largest absolute Gasteiger partial charge is 0.491 e. The van der Waals surface area contributed by atoms with Crippen LogP contribution in [0, 0.1) is 6.92 Å². The number of aromatic nitrogens is 2. The van der Waals surface area contributed by atoms with Crippen molar-refractivity contribution in [1.82, 2.24) is 9.78 Å². The summed E-state index contributed by atoms with van der Waals surface area (Å²) in [6, 6.07) is 7.48. The van der Waals surface area contributed by atoms with Gasteiger partial charge in [0, 0.05) is 19.2 Å². The Morgan fingerprint density at radius 2 is 2.17 bits per heavy atom. The molecule has 18 heavy (non-hydrogen) atoms. The summed E-state index contributed by atoms with van der Waals surface area (Å²) < 4.78 is 7.43. The highest BCUT2D eigenvalue weighted by atomic mass is 35.5. The average Bonchev–Trinajstić information content (AvgIpc) is 2.66. The van der Waals surface area contributed by atoms with Gasteiger partial charge in [0.1, 0.15) is 5.75 Å². The van der Waals surface area contributed by atoms with E-state index in [0.29, 0.717) is 17.3 Å². The van der Waals surface area contributed by atoms with E-state index >= 15 is 0 Å². The number of nitrogens with zero attached hydrogens (tertiary/aromatic N) is 2. The molecule has 96 valence electrons. The van der Waals surface area contributed by atoms with Gasteiger partial charge in [-0.25, -0.2) is 0 Å². The first-order valence-corrected chi connectivity index (χ1v) is 6.21. The van der Waals surface area contributed by atoms with Crippen molar-refractivity contribution in [2.45, 2.75) is 19.9 Å². The molecule has 0 radical (unpaired) electrons. The third kappa shape index (κ3) is 3.17. The quantitative estimate of drug-likeness (QED) is 0.668. The maximum Gasteiger partial charge on any atom is 0.142 e. The number of halogens is 1. The number of benzene rings is 1. The van der Waals surface area contributed by atoms with Crippen molar-refractivity contribution in [2.24, 2.45) is 0 Å². The number of para-hydroxylation sites is 2. The molecule has 2 N–H and O–H groups in total. The zero-order valence-electron chi connectivity index (χ0n) is 10.3. The van der Waals surface area contributed by atoms with Gasteiger partial charge in [0.05, 0.1) is 23.0 Å². The zero-order valence-corrected chi connectivity index (χ0v) is 11.0. The van der Waals surface area contributed by atoms with Crippen LogP contribution in [0.5, 0.6) is 5.75 Å². The number of nitrogens with two attached hydrogens (primary N) is 1. The molecule has 0 bridgehead atoms. The lowest BCUT2D eigenvalue weighted by Gasteiger charge is -2.08. The Hall–Kier alpha value is -1.68. The van der Waals surface area contributed by atoms with Crippen LogP contribution in [-0.2, 0) is 6.54 Å². The van der Waals surface area contributed by atoms with Gasteiger partial charge in [-0.15, -0.1) is 0 Å². The van der Waals surface area contributed by atoms with Gasteiger partial charge in [0.2, 0.25) is 0 Å². The number of aryl methyl sites for hydroxylation is 2. The molecule has 2 aromatic rings. The molecule has 1 heterocycles. The number of anilines is 1. The predicted octanol–water partition coefficient (Wildman–Crippen LogP) is 2.90. The summed E-state index contributed by atoms with van der Waals surface area (Å²) >= 11 is 5.93. The monoisotopic (exact) mass is 265 g/mol.